The first-order valence-corrected chi connectivity index (χ1v) is 9.28. The Morgan fingerprint density at radius 3 is 2.41 bits per heavy atom. The average Bonchev–Trinajstić information content (AvgIpc) is 2.70. The van der Waals surface area contributed by atoms with Crippen molar-refractivity contribution >= 4 is 35.8 Å². The second-order valence-corrected chi connectivity index (χ2v) is 6.05. The molecule has 0 aliphatic rings. The van der Waals surface area contributed by atoms with Gasteiger partial charge in [-0.25, -0.2) is 4.39 Å². The minimum absolute atomic E-state index is 0. The third-order valence-electron chi connectivity index (χ3n) is 3.96. The number of para-hydroxylation sites is 1. The molecule has 8 heteroatoms. The summed E-state index contributed by atoms with van der Waals surface area (Å²) in [5.74, 6) is 1.07. The largest absolute Gasteiger partial charge is 0.494 e. The lowest BCUT2D eigenvalue weighted by Crippen LogP contribution is -2.41. The van der Waals surface area contributed by atoms with Crippen LogP contribution in [0.1, 0.15) is 18.1 Å². The molecule has 1 amide bonds. The van der Waals surface area contributed by atoms with E-state index in [4.69, 9.17) is 4.74 Å². The summed E-state index contributed by atoms with van der Waals surface area (Å²) in [4.78, 5) is 16.1. The Morgan fingerprint density at radius 2 is 1.72 bits per heavy atom. The lowest BCUT2D eigenvalue weighted by atomic mass is 10.1. The third kappa shape index (κ3) is 9.12. The van der Waals surface area contributed by atoms with E-state index in [2.05, 4.69) is 20.9 Å². The van der Waals surface area contributed by atoms with Gasteiger partial charge in [0.05, 0.1) is 13.0 Å². The fourth-order valence-electron chi connectivity index (χ4n) is 2.58. The molecule has 2 aromatic rings. The van der Waals surface area contributed by atoms with Crippen molar-refractivity contribution in [3.63, 3.8) is 0 Å². The lowest BCUT2D eigenvalue weighted by Gasteiger charge is -2.14. The number of halogens is 2. The van der Waals surface area contributed by atoms with Gasteiger partial charge in [0.25, 0.3) is 0 Å². The number of amides is 1. The molecule has 3 N–H and O–H groups in total. The number of hydrogen-bond donors (Lipinski definition) is 3. The molecular weight excluding hydrogens is 486 g/mol. The molecule has 158 valence electrons. The van der Waals surface area contributed by atoms with Crippen molar-refractivity contribution in [1.29, 1.82) is 0 Å². The van der Waals surface area contributed by atoms with E-state index in [-0.39, 0.29) is 42.1 Å². The van der Waals surface area contributed by atoms with Gasteiger partial charge in [-0.05, 0) is 30.7 Å². The number of carbonyl (C=O) groups excluding carboxylic acids is 1. The van der Waals surface area contributed by atoms with Gasteiger partial charge in [-0.1, -0.05) is 30.3 Å². The number of nitrogens with zero attached hydrogens (tertiary/aromatic N) is 1. The number of benzene rings is 2. The summed E-state index contributed by atoms with van der Waals surface area (Å²) in [5.41, 5.74) is 1.82. The van der Waals surface area contributed by atoms with Gasteiger partial charge >= 0.3 is 0 Å². The zero-order valence-corrected chi connectivity index (χ0v) is 19.0. The van der Waals surface area contributed by atoms with E-state index >= 15 is 0 Å². The number of carbonyl (C=O) groups is 1. The summed E-state index contributed by atoms with van der Waals surface area (Å²) in [6.45, 7) is 4.13. The minimum Gasteiger partial charge on any atom is -0.494 e. The van der Waals surface area contributed by atoms with E-state index in [1.807, 2.05) is 31.2 Å². The molecule has 0 fully saturated rings. The highest BCUT2D eigenvalue weighted by molar-refractivity contribution is 14.0. The summed E-state index contributed by atoms with van der Waals surface area (Å²) in [7, 11) is 1.69. The van der Waals surface area contributed by atoms with Crippen molar-refractivity contribution in [2.45, 2.75) is 19.9 Å². The zero-order chi connectivity index (χ0) is 20.2. The Balaban J connectivity index is 0.00000420. The first-order valence-electron chi connectivity index (χ1n) is 9.28. The van der Waals surface area contributed by atoms with Gasteiger partial charge in [-0.2, -0.15) is 0 Å². The van der Waals surface area contributed by atoms with Crippen LogP contribution in [0.25, 0.3) is 0 Å². The molecule has 0 aromatic heterocycles. The van der Waals surface area contributed by atoms with E-state index in [0.29, 0.717) is 32.2 Å². The van der Waals surface area contributed by atoms with Crippen molar-refractivity contribution in [3.05, 3.63) is 65.5 Å². The first-order chi connectivity index (χ1) is 13.6. The number of guanidine groups is 1. The van der Waals surface area contributed by atoms with Crippen molar-refractivity contribution in [2.75, 3.05) is 26.7 Å². The molecular formula is C21H28FIN4O2. The van der Waals surface area contributed by atoms with Crippen LogP contribution < -0.4 is 20.7 Å². The Morgan fingerprint density at radius 1 is 1.03 bits per heavy atom. The molecule has 6 nitrogen and oxygen atoms in total. The number of nitrogens with one attached hydrogen (secondary N) is 3. The van der Waals surface area contributed by atoms with Crippen LogP contribution in [0.4, 0.5) is 4.39 Å². The number of rotatable bonds is 9. The van der Waals surface area contributed by atoms with Crippen molar-refractivity contribution in [3.8, 4) is 5.75 Å². The van der Waals surface area contributed by atoms with Crippen molar-refractivity contribution in [1.82, 2.24) is 16.0 Å². The molecule has 0 saturated carbocycles. The molecule has 0 atom stereocenters. The van der Waals surface area contributed by atoms with Crippen LogP contribution >= 0.6 is 24.0 Å². The summed E-state index contributed by atoms with van der Waals surface area (Å²) in [5, 5.41) is 9.21. The highest BCUT2D eigenvalue weighted by Gasteiger charge is 2.05. The highest BCUT2D eigenvalue weighted by atomic mass is 127. The maximum atomic E-state index is 12.9. The maximum Gasteiger partial charge on any atom is 0.224 e. The van der Waals surface area contributed by atoms with Crippen LogP contribution in [-0.2, 0) is 17.8 Å². The molecule has 29 heavy (non-hydrogen) atoms. The van der Waals surface area contributed by atoms with E-state index in [1.165, 1.54) is 12.1 Å². The van der Waals surface area contributed by atoms with Crippen LogP contribution in [0.2, 0.25) is 0 Å². The van der Waals surface area contributed by atoms with Crippen LogP contribution in [0.15, 0.2) is 53.5 Å². The number of aliphatic imine (C=N–C) groups is 1. The quantitative estimate of drug-likeness (QED) is 0.208. The highest BCUT2D eigenvalue weighted by Crippen LogP contribution is 2.17. The van der Waals surface area contributed by atoms with Gasteiger partial charge in [-0.15, -0.1) is 24.0 Å². The topological polar surface area (TPSA) is 74.8 Å². The lowest BCUT2D eigenvalue weighted by molar-refractivity contribution is -0.120. The SMILES string of the molecule is CCOc1ccccc1CNC(=NC)NCCNC(=O)Cc1ccc(F)cc1.I. The minimum atomic E-state index is -0.309. The van der Waals surface area contributed by atoms with Gasteiger partial charge in [0, 0.05) is 32.2 Å². The molecule has 0 heterocycles. The van der Waals surface area contributed by atoms with E-state index < -0.39 is 0 Å². The Hall–Kier alpha value is -2.36. The number of hydrogen-bond acceptors (Lipinski definition) is 3. The second kappa shape index (κ2) is 13.8. The van der Waals surface area contributed by atoms with Gasteiger partial charge in [-0.3, -0.25) is 9.79 Å². The Bertz CT molecular complexity index is 785. The predicted molar refractivity (Wildman–Crippen MR) is 124 cm³/mol. The Labute approximate surface area is 188 Å². The zero-order valence-electron chi connectivity index (χ0n) is 16.7. The monoisotopic (exact) mass is 514 g/mol. The van der Waals surface area contributed by atoms with Crippen molar-refractivity contribution < 1.29 is 13.9 Å². The molecule has 0 unspecified atom stereocenters. The van der Waals surface area contributed by atoms with Crippen LogP contribution in [0, 0.1) is 5.82 Å². The Kier molecular flexibility index (Phi) is 11.7. The van der Waals surface area contributed by atoms with Gasteiger partial charge in [0.15, 0.2) is 5.96 Å². The maximum absolute atomic E-state index is 12.9. The molecule has 0 aliphatic carbocycles. The van der Waals surface area contributed by atoms with E-state index in [0.717, 1.165) is 16.9 Å². The second-order valence-electron chi connectivity index (χ2n) is 6.05. The fraction of sp³-hybridized carbons (Fsp3) is 0.333. The molecule has 0 aliphatic heterocycles. The van der Waals surface area contributed by atoms with Gasteiger partial charge in [0.1, 0.15) is 11.6 Å². The van der Waals surface area contributed by atoms with E-state index in [1.54, 1.807) is 19.2 Å². The molecule has 0 radical (unpaired) electrons. The average molecular weight is 514 g/mol. The third-order valence-corrected chi connectivity index (χ3v) is 3.96. The van der Waals surface area contributed by atoms with Gasteiger partial charge in [0.2, 0.25) is 5.91 Å². The van der Waals surface area contributed by atoms with Crippen LogP contribution in [-0.4, -0.2) is 38.6 Å². The number of ether oxygens (including phenoxy) is 1. The molecule has 2 aromatic carbocycles. The summed E-state index contributed by atoms with van der Waals surface area (Å²) < 4.78 is 18.5. The van der Waals surface area contributed by atoms with Gasteiger partial charge < -0.3 is 20.7 Å². The smallest absolute Gasteiger partial charge is 0.224 e. The molecule has 2 rings (SSSR count). The molecule has 0 bridgehead atoms. The first kappa shape index (κ1) is 24.7. The summed E-state index contributed by atoms with van der Waals surface area (Å²) in [6, 6.07) is 13.8. The van der Waals surface area contributed by atoms with Crippen LogP contribution in [0.3, 0.4) is 0 Å². The fourth-order valence-corrected chi connectivity index (χ4v) is 2.58. The summed E-state index contributed by atoms with van der Waals surface area (Å²) in [6.07, 6.45) is 0.224. The summed E-state index contributed by atoms with van der Waals surface area (Å²) >= 11 is 0. The standard InChI is InChI=1S/C21H27FN4O2.HI/c1-3-28-19-7-5-4-6-17(19)15-26-21(23-2)25-13-12-24-20(27)14-16-8-10-18(22)11-9-16;/h4-11H,3,12-15H2,1-2H3,(H,24,27)(H2,23,25,26);1H. The van der Waals surface area contributed by atoms with Crippen molar-refractivity contribution in [2.24, 2.45) is 4.99 Å². The normalized spacial score (nSPS) is 10.7. The molecule has 0 spiro atoms. The molecule has 0 saturated heterocycles. The van der Waals surface area contributed by atoms with E-state index in [9.17, 15) is 9.18 Å². The predicted octanol–water partition coefficient (Wildman–Crippen LogP) is 2.87. The van der Waals surface area contributed by atoms with Crippen LogP contribution in [0.5, 0.6) is 5.75 Å².